The van der Waals surface area contributed by atoms with Gasteiger partial charge in [0.15, 0.2) is 0 Å². The molecule has 0 unspecified atom stereocenters. The Morgan fingerprint density at radius 1 is 1.78 bits per heavy atom. The molecule has 9 heavy (non-hydrogen) atoms. The van der Waals surface area contributed by atoms with E-state index in [1.54, 1.807) is 11.3 Å². The third-order valence-corrected chi connectivity index (χ3v) is 2.11. The summed E-state index contributed by atoms with van der Waals surface area (Å²) in [6, 6.07) is 0. The molecule has 48 valence electrons. The van der Waals surface area contributed by atoms with Crippen LogP contribution in [-0.4, -0.2) is 4.98 Å². The van der Waals surface area contributed by atoms with Gasteiger partial charge in [0.1, 0.15) is 5.01 Å². The fourth-order valence-corrected chi connectivity index (χ4v) is 1.22. The van der Waals surface area contributed by atoms with Crippen molar-refractivity contribution in [3.8, 4) is 0 Å². The molecule has 0 N–H and O–H groups in total. The molecule has 1 aromatic rings. The van der Waals surface area contributed by atoms with Crippen LogP contribution in [0.25, 0.3) is 5.57 Å². The predicted molar refractivity (Wildman–Crippen MR) is 41.4 cm³/mol. The van der Waals surface area contributed by atoms with Gasteiger partial charge >= 0.3 is 0 Å². The molecule has 0 amide bonds. The van der Waals surface area contributed by atoms with E-state index in [-0.39, 0.29) is 0 Å². The van der Waals surface area contributed by atoms with Crippen molar-refractivity contribution in [1.82, 2.24) is 4.98 Å². The molecule has 0 aromatic carbocycles. The highest BCUT2D eigenvalue weighted by molar-refractivity contribution is 7.10. The van der Waals surface area contributed by atoms with E-state index < -0.39 is 0 Å². The summed E-state index contributed by atoms with van der Waals surface area (Å²) in [7, 11) is 0. The molecule has 0 atom stereocenters. The third kappa shape index (κ3) is 1.39. The summed E-state index contributed by atoms with van der Waals surface area (Å²) < 4.78 is 0. The van der Waals surface area contributed by atoms with Gasteiger partial charge in [-0.25, -0.2) is 4.98 Å². The van der Waals surface area contributed by atoms with Crippen molar-refractivity contribution in [3.63, 3.8) is 0 Å². The van der Waals surface area contributed by atoms with E-state index >= 15 is 0 Å². The van der Waals surface area contributed by atoms with Crippen LogP contribution in [0.2, 0.25) is 0 Å². The number of allylic oxidation sites excluding steroid dienone is 2. The highest BCUT2D eigenvalue weighted by Gasteiger charge is 1.93. The van der Waals surface area contributed by atoms with Gasteiger partial charge in [-0.05, 0) is 19.4 Å². The van der Waals surface area contributed by atoms with Crippen LogP contribution in [0.3, 0.4) is 0 Å². The lowest BCUT2D eigenvalue weighted by Crippen LogP contribution is -1.72. The van der Waals surface area contributed by atoms with E-state index in [2.05, 4.69) is 18.0 Å². The first-order chi connectivity index (χ1) is 4.34. The van der Waals surface area contributed by atoms with E-state index in [1.165, 1.54) is 5.57 Å². The number of thiazole rings is 1. The van der Waals surface area contributed by atoms with Crippen molar-refractivity contribution in [2.24, 2.45) is 0 Å². The van der Waals surface area contributed by atoms with Gasteiger partial charge in [-0.2, -0.15) is 0 Å². The molecule has 0 spiro atoms. The minimum absolute atomic E-state index is 1.12. The maximum Gasteiger partial charge on any atom is 0.118 e. The van der Waals surface area contributed by atoms with Gasteiger partial charge in [0.05, 0.1) is 0 Å². The van der Waals surface area contributed by atoms with Crippen LogP contribution in [0.4, 0.5) is 0 Å². The van der Waals surface area contributed by atoms with Crippen molar-refractivity contribution in [3.05, 3.63) is 22.7 Å². The Kier molecular flexibility index (Phi) is 2.01. The van der Waals surface area contributed by atoms with E-state index in [1.807, 2.05) is 18.5 Å². The zero-order valence-corrected chi connectivity index (χ0v) is 6.40. The lowest BCUT2D eigenvalue weighted by Gasteiger charge is -1.88. The highest BCUT2D eigenvalue weighted by Crippen LogP contribution is 2.14. The first-order valence-corrected chi connectivity index (χ1v) is 3.75. The highest BCUT2D eigenvalue weighted by atomic mass is 32.1. The van der Waals surface area contributed by atoms with E-state index in [4.69, 9.17) is 0 Å². The van der Waals surface area contributed by atoms with Gasteiger partial charge in [-0.3, -0.25) is 0 Å². The minimum atomic E-state index is 1.12. The number of hydrogen-bond donors (Lipinski definition) is 0. The summed E-state index contributed by atoms with van der Waals surface area (Å²) in [5, 5.41) is 3.11. The molecule has 1 rings (SSSR count). The molecule has 0 radical (unpaired) electrons. The topological polar surface area (TPSA) is 12.9 Å². The van der Waals surface area contributed by atoms with Crippen LogP contribution < -0.4 is 0 Å². The molecule has 0 bridgehead atoms. The van der Waals surface area contributed by atoms with Crippen molar-refractivity contribution < 1.29 is 0 Å². The van der Waals surface area contributed by atoms with Gasteiger partial charge in [-0.1, -0.05) is 6.08 Å². The van der Waals surface area contributed by atoms with Crippen molar-refractivity contribution >= 4 is 16.9 Å². The average molecular weight is 139 g/mol. The van der Waals surface area contributed by atoms with Crippen LogP contribution in [0.1, 0.15) is 18.9 Å². The van der Waals surface area contributed by atoms with Gasteiger partial charge in [0.2, 0.25) is 0 Å². The summed E-state index contributed by atoms with van der Waals surface area (Å²) in [4.78, 5) is 4.14. The maximum atomic E-state index is 4.14. The molecule has 0 aliphatic rings. The van der Waals surface area contributed by atoms with Crippen LogP contribution in [-0.2, 0) is 0 Å². The van der Waals surface area contributed by atoms with E-state index in [9.17, 15) is 0 Å². The Bertz CT molecular complexity index is 199. The Morgan fingerprint density at radius 3 is 3.00 bits per heavy atom. The standard InChI is InChI=1S/C7H9NS/c1-3-6(2)7-8-4-5-9-7/h3-5H,1-2H3. The summed E-state index contributed by atoms with van der Waals surface area (Å²) in [6.45, 7) is 4.09. The van der Waals surface area contributed by atoms with Crippen LogP contribution in [0, 0.1) is 0 Å². The van der Waals surface area contributed by atoms with Crippen molar-refractivity contribution in [2.75, 3.05) is 0 Å². The van der Waals surface area contributed by atoms with Crippen LogP contribution >= 0.6 is 11.3 Å². The van der Waals surface area contributed by atoms with Crippen LogP contribution in [0.5, 0.6) is 0 Å². The van der Waals surface area contributed by atoms with Crippen LogP contribution in [0.15, 0.2) is 17.7 Å². The normalized spacial score (nSPS) is 12.0. The fraction of sp³-hybridized carbons (Fsp3) is 0.286. The Morgan fingerprint density at radius 2 is 2.56 bits per heavy atom. The summed E-state index contributed by atoms with van der Waals surface area (Å²) in [5.74, 6) is 0. The van der Waals surface area contributed by atoms with E-state index in [0.717, 1.165) is 5.01 Å². The third-order valence-electron chi connectivity index (χ3n) is 1.20. The summed E-state index contributed by atoms with van der Waals surface area (Å²) >= 11 is 1.68. The molecular weight excluding hydrogens is 130 g/mol. The second-order valence-corrected chi connectivity index (χ2v) is 2.70. The Balaban J connectivity index is 2.90. The smallest absolute Gasteiger partial charge is 0.118 e. The first-order valence-electron chi connectivity index (χ1n) is 2.87. The quantitative estimate of drug-likeness (QED) is 0.582. The number of hydrogen-bond acceptors (Lipinski definition) is 2. The second kappa shape index (κ2) is 2.78. The lowest BCUT2D eigenvalue weighted by molar-refractivity contribution is 1.36. The second-order valence-electron chi connectivity index (χ2n) is 1.81. The zero-order chi connectivity index (χ0) is 6.69. The lowest BCUT2D eigenvalue weighted by atomic mass is 10.3. The zero-order valence-electron chi connectivity index (χ0n) is 5.59. The number of nitrogens with zero attached hydrogens (tertiary/aromatic N) is 1. The van der Waals surface area contributed by atoms with Gasteiger partial charge in [-0.15, -0.1) is 11.3 Å². The monoisotopic (exact) mass is 139 g/mol. The number of rotatable bonds is 1. The molecule has 0 aliphatic carbocycles. The molecule has 2 heteroatoms. The molecule has 0 aliphatic heterocycles. The molecule has 1 aromatic heterocycles. The van der Waals surface area contributed by atoms with Crippen molar-refractivity contribution in [2.45, 2.75) is 13.8 Å². The molecule has 0 fully saturated rings. The van der Waals surface area contributed by atoms with Gasteiger partial charge < -0.3 is 0 Å². The van der Waals surface area contributed by atoms with Gasteiger partial charge in [0.25, 0.3) is 0 Å². The largest absolute Gasteiger partial charge is 0.245 e. The Hall–Kier alpha value is -0.630. The predicted octanol–water partition coefficient (Wildman–Crippen LogP) is 2.57. The Labute approximate surface area is 59.1 Å². The molecule has 1 nitrogen and oxygen atoms in total. The minimum Gasteiger partial charge on any atom is -0.245 e. The summed E-state index contributed by atoms with van der Waals surface area (Å²) in [5.41, 5.74) is 1.25. The van der Waals surface area contributed by atoms with Crippen molar-refractivity contribution in [1.29, 1.82) is 0 Å². The van der Waals surface area contributed by atoms with E-state index in [0.29, 0.717) is 0 Å². The fourth-order valence-electron chi connectivity index (χ4n) is 0.542. The van der Waals surface area contributed by atoms with Gasteiger partial charge in [0, 0.05) is 11.6 Å². The first kappa shape index (κ1) is 6.49. The molecular formula is C7H9NS. The molecule has 1 heterocycles. The summed E-state index contributed by atoms with van der Waals surface area (Å²) in [6.07, 6.45) is 3.89. The average Bonchev–Trinajstić information content (AvgIpc) is 2.37. The molecule has 0 saturated carbocycles. The maximum absolute atomic E-state index is 4.14. The molecule has 0 saturated heterocycles. The number of aromatic nitrogens is 1. The SMILES string of the molecule is CC=C(C)c1nccs1.